The first-order chi connectivity index (χ1) is 18.3. The molecule has 0 atom stereocenters. The lowest BCUT2D eigenvalue weighted by Gasteiger charge is -2.30. The maximum atomic E-state index is 13.9. The number of hydrogen-bond donors (Lipinski definition) is 0. The van der Waals surface area contributed by atoms with Crippen molar-refractivity contribution in [2.75, 3.05) is 4.90 Å². The number of anilines is 1. The van der Waals surface area contributed by atoms with E-state index in [-0.39, 0.29) is 5.63 Å². The Hall–Kier alpha value is -4.37. The molecule has 0 amide bonds. The van der Waals surface area contributed by atoms with Gasteiger partial charge in [-0.2, -0.15) is 0 Å². The summed E-state index contributed by atoms with van der Waals surface area (Å²) in [6.45, 7) is 1.38. The van der Waals surface area contributed by atoms with Gasteiger partial charge in [-0.25, -0.2) is 4.79 Å². The van der Waals surface area contributed by atoms with Gasteiger partial charge in [-0.15, -0.1) is 0 Å². The van der Waals surface area contributed by atoms with Gasteiger partial charge in [0.05, 0.1) is 11.3 Å². The standard InChI is InChI=1S/C34H29NO2/c36-34-31(28-18-8-3-9-19-28)32(30-22-12-20-27-17-10-11-21-29(27)33(30)37-34)35(23-25-13-4-1-5-14-25)24-26-15-6-2-7-16-26/h1-11,13-19,21H,12,20,22-24H2. The molecule has 0 spiro atoms. The molecule has 0 saturated heterocycles. The van der Waals surface area contributed by atoms with Crippen LogP contribution in [0.4, 0.5) is 5.69 Å². The molecule has 182 valence electrons. The van der Waals surface area contributed by atoms with Crippen LogP contribution < -0.4 is 10.5 Å². The van der Waals surface area contributed by atoms with Crippen LogP contribution >= 0.6 is 0 Å². The fraction of sp³-hybridized carbons (Fsp3) is 0.147. The SMILES string of the molecule is O=c1oc2c(c(N(Cc3ccccc3)Cc3ccccc3)c1-c1ccccc1)CCCc1ccccc1-2. The van der Waals surface area contributed by atoms with Crippen molar-refractivity contribution in [1.29, 1.82) is 0 Å². The van der Waals surface area contributed by atoms with Crippen LogP contribution in [0.1, 0.15) is 28.7 Å². The Kier molecular flexibility index (Phi) is 6.43. The van der Waals surface area contributed by atoms with Crippen LogP contribution in [-0.4, -0.2) is 0 Å². The minimum atomic E-state index is -0.289. The molecule has 1 aliphatic rings. The molecule has 0 radical (unpaired) electrons. The maximum absolute atomic E-state index is 13.9. The molecule has 3 nitrogen and oxygen atoms in total. The second-order valence-electron chi connectivity index (χ2n) is 9.62. The van der Waals surface area contributed by atoms with Crippen LogP contribution in [0.2, 0.25) is 0 Å². The Balaban J connectivity index is 1.63. The van der Waals surface area contributed by atoms with Crippen LogP contribution in [0.5, 0.6) is 0 Å². The summed E-state index contributed by atoms with van der Waals surface area (Å²) < 4.78 is 6.20. The minimum Gasteiger partial charge on any atom is -0.422 e. The largest absolute Gasteiger partial charge is 0.422 e. The summed E-state index contributed by atoms with van der Waals surface area (Å²) in [7, 11) is 0. The summed E-state index contributed by atoms with van der Waals surface area (Å²) in [4.78, 5) is 16.2. The van der Waals surface area contributed by atoms with E-state index in [1.165, 1.54) is 16.7 Å². The lowest BCUT2D eigenvalue weighted by atomic mass is 9.96. The smallest absolute Gasteiger partial charge is 0.346 e. The van der Waals surface area contributed by atoms with Crippen molar-refractivity contribution in [2.24, 2.45) is 0 Å². The molecule has 0 fully saturated rings. The summed E-state index contributed by atoms with van der Waals surface area (Å²) in [5, 5.41) is 0. The lowest BCUT2D eigenvalue weighted by Crippen LogP contribution is -2.26. The Morgan fingerprint density at radius 3 is 1.86 bits per heavy atom. The molecule has 4 aromatic carbocycles. The number of hydrogen-bond acceptors (Lipinski definition) is 3. The first kappa shape index (κ1) is 23.1. The highest BCUT2D eigenvalue weighted by Gasteiger charge is 2.28. The van der Waals surface area contributed by atoms with Crippen LogP contribution in [0.3, 0.4) is 0 Å². The van der Waals surface area contributed by atoms with E-state index in [0.29, 0.717) is 18.7 Å². The van der Waals surface area contributed by atoms with Gasteiger partial charge in [-0.1, -0.05) is 115 Å². The molecule has 37 heavy (non-hydrogen) atoms. The van der Waals surface area contributed by atoms with Crippen molar-refractivity contribution in [2.45, 2.75) is 32.4 Å². The molecule has 0 bridgehead atoms. The van der Waals surface area contributed by atoms with E-state index < -0.39 is 0 Å². The Morgan fingerprint density at radius 1 is 0.649 bits per heavy atom. The first-order valence-corrected chi connectivity index (χ1v) is 12.9. The maximum Gasteiger partial charge on any atom is 0.346 e. The highest BCUT2D eigenvalue weighted by atomic mass is 16.4. The van der Waals surface area contributed by atoms with Gasteiger partial charge in [0.25, 0.3) is 0 Å². The predicted molar refractivity (Wildman–Crippen MR) is 151 cm³/mol. The molecule has 1 heterocycles. The van der Waals surface area contributed by atoms with Crippen molar-refractivity contribution in [1.82, 2.24) is 0 Å². The average Bonchev–Trinajstić information content (AvgIpc) is 3.13. The summed E-state index contributed by atoms with van der Waals surface area (Å²) in [5.74, 6) is 0.721. The second-order valence-corrected chi connectivity index (χ2v) is 9.62. The summed E-state index contributed by atoms with van der Waals surface area (Å²) in [5.41, 5.74) is 8.03. The zero-order chi connectivity index (χ0) is 25.0. The van der Waals surface area contributed by atoms with Gasteiger partial charge < -0.3 is 9.32 Å². The van der Waals surface area contributed by atoms with Crippen LogP contribution in [0, 0.1) is 0 Å². The summed E-state index contributed by atoms with van der Waals surface area (Å²) in [6, 6.07) is 39.3. The normalized spacial score (nSPS) is 12.3. The van der Waals surface area contributed by atoms with Gasteiger partial charge in [0, 0.05) is 24.2 Å². The van der Waals surface area contributed by atoms with Gasteiger partial charge in [0.2, 0.25) is 0 Å². The van der Waals surface area contributed by atoms with Crippen molar-refractivity contribution < 1.29 is 4.42 Å². The Bertz CT molecular complexity index is 1520. The number of aryl methyl sites for hydroxylation is 1. The molecule has 3 heteroatoms. The molecule has 1 aromatic heterocycles. The van der Waals surface area contributed by atoms with Gasteiger partial charge in [0.15, 0.2) is 0 Å². The summed E-state index contributed by atoms with van der Waals surface area (Å²) >= 11 is 0. The molecule has 1 aliphatic carbocycles. The van der Waals surface area contributed by atoms with Gasteiger partial charge in [-0.05, 0) is 41.5 Å². The van der Waals surface area contributed by atoms with Crippen molar-refractivity contribution >= 4 is 5.69 Å². The number of nitrogens with zero attached hydrogens (tertiary/aromatic N) is 1. The van der Waals surface area contributed by atoms with E-state index in [0.717, 1.165) is 47.4 Å². The zero-order valence-electron chi connectivity index (χ0n) is 20.8. The third-order valence-corrected chi connectivity index (χ3v) is 7.14. The van der Waals surface area contributed by atoms with Gasteiger partial charge >= 0.3 is 5.63 Å². The van der Waals surface area contributed by atoms with E-state index in [9.17, 15) is 4.79 Å². The van der Waals surface area contributed by atoms with Gasteiger partial charge in [0.1, 0.15) is 5.76 Å². The number of rotatable bonds is 6. The summed E-state index contributed by atoms with van der Waals surface area (Å²) in [6.07, 6.45) is 2.82. The van der Waals surface area contributed by atoms with E-state index in [2.05, 4.69) is 71.6 Å². The molecular weight excluding hydrogens is 454 g/mol. The molecule has 0 N–H and O–H groups in total. The minimum absolute atomic E-state index is 0.289. The van der Waals surface area contributed by atoms with Crippen molar-refractivity contribution in [3.8, 4) is 22.5 Å². The Morgan fingerprint density at radius 2 is 1.22 bits per heavy atom. The average molecular weight is 484 g/mol. The third kappa shape index (κ3) is 4.73. The zero-order valence-corrected chi connectivity index (χ0v) is 20.8. The molecular formula is C34H29NO2. The topological polar surface area (TPSA) is 33.5 Å². The van der Waals surface area contributed by atoms with Crippen LogP contribution in [0.25, 0.3) is 22.5 Å². The lowest BCUT2D eigenvalue weighted by molar-refractivity contribution is 0.521. The van der Waals surface area contributed by atoms with Crippen LogP contribution in [0.15, 0.2) is 124 Å². The first-order valence-electron chi connectivity index (χ1n) is 12.9. The highest BCUT2D eigenvalue weighted by Crippen LogP contribution is 2.42. The van der Waals surface area contributed by atoms with E-state index in [1.54, 1.807) is 0 Å². The second kappa shape index (κ2) is 10.3. The van der Waals surface area contributed by atoms with E-state index in [1.807, 2.05) is 48.5 Å². The van der Waals surface area contributed by atoms with E-state index in [4.69, 9.17) is 4.42 Å². The van der Waals surface area contributed by atoms with Crippen molar-refractivity contribution in [3.63, 3.8) is 0 Å². The predicted octanol–water partition coefficient (Wildman–Crippen LogP) is 7.67. The highest BCUT2D eigenvalue weighted by molar-refractivity contribution is 5.85. The molecule has 0 unspecified atom stereocenters. The van der Waals surface area contributed by atoms with Gasteiger partial charge in [-0.3, -0.25) is 0 Å². The molecule has 6 rings (SSSR count). The fourth-order valence-electron chi connectivity index (χ4n) is 5.46. The molecule has 0 saturated carbocycles. The fourth-order valence-corrected chi connectivity index (χ4v) is 5.46. The number of benzene rings is 4. The third-order valence-electron chi connectivity index (χ3n) is 7.14. The van der Waals surface area contributed by atoms with Crippen molar-refractivity contribution in [3.05, 3.63) is 148 Å². The van der Waals surface area contributed by atoms with Crippen LogP contribution in [-0.2, 0) is 25.9 Å². The Labute approximate surface area is 217 Å². The molecule has 5 aromatic rings. The number of fused-ring (bicyclic) bond motifs is 3. The molecule has 0 aliphatic heterocycles. The quantitative estimate of drug-likeness (QED) is 0.248. The monoisotopic (exact) mass is 483 g/mol. The van der Waals surface area contributed by atoms with E-state index >= 15 is 0 Å².